The molecule has 0 saturated heterocycles. The molecule has 0 spiro atoms. The first-order chi connectivity index (χ1) is 12.6. The third-order valence-electron chi connectivity index (χ3n) is 4.12. The van der Waals surface area contributed by atoms with E-state index in [4.69, 9.17) is 4.74 Å². The summed E-state index contributed by atoms with van der Waals surface area (Å²) < 4.78 is 8.08. The quantitative estimate of drug-likeness (QED) is 0.630. The number of ether oxygens (including phenoxy) is 1. The van der Waals surface area contributed by atoms with E-state index in [2.05, 4.69) is 37.4 Å². The highest BCUT2D eigenvalue weighted by Gasteiger charge is 2.19. The number of nitrogens with zero attached hydrogens (tertiary/aromatic N) is 3. The molecule has 6 nitrogen and oxygen atoms in total. The van der Waals surface area contributed by atoms with Crippen molar-refractivity contribution in [1.29, 1.82) is 0 Å². The topological polar surface area (TPSA) is 68.5 Å². The average Bonchev–Trinajstić information content (AvgIpc) is 2.92. The average molecular weight is 431 g/mol. The van der Waals surface area contributed by atoms with Gasteiger partial charge in [-0.25, -0.2) is 14.3 Å². The van der Waals surface area contributed by atoms with Gasteiger partial charge in [0.2, 0.25) is 0 Å². The number of rotatable bonds is 3. The number of benzene rings is 1. The Kier molecular flexibility index (Phi) is 5.24. The van der Waals surface area contributed by atoms with Crippen LogP contribution in [0.4, 0.5) is 4.79 Å². The fourth-order valence-electron chi connectivity index (χ4n) is 2.99. The third kappa shape index (κ3) is 4.47. The second-order valence-electron chi connectivity index (χ2n) is 7.54. The number of amides is 1. The molecule has 0 fully saturated rings. The van der Waals surface area contributed by atoms with Crippen molar-refractivity contribution in [3.8, 4) is 11.3 Å². The molecule has 0 radical (unpaired) electrons. The minimum atomic E-state index is -0.521. The fraction of sp³-hybridized carbons (Fsp3) is 0.350. The molecule has 1 amide bonds. The van der Waals surface area contributed by atoms with Crippen LogP contribution in [0.15, 0.2) is 41.3 Å². The first kappa shape index (κ1) is 19.4. The Bertz CT molecular complexity index is 991. The number of hydrogen-bond acceptors (Lipinski definition) is 4. The van der Waals surface area contributed by atoms with Crippen LogP contribution in [0.2, 0.25) is 0 Å². The summed E-state index contributed by atoms with van der Waals surface area (Å²) in [6, 6.07) is 7.93. The number of aryl methyl sites for hydroxylation is 1. The van der Waals surface area contributed by atoms with Gasteiger partial charge in [-0.15, -0.1) is 0 Å². The maximum Gasteiger partial charge on any atom is 0.408 e. The fourth-order valence-corrected chi connectivity index (χ4v) is 3.40. The number of aromatic nitrogens is 3. The predicted molar refractivity (Wildman–Crippen MR) is 109 cm³/mol. The van der Waals surface area contributed by atoms with E-state index in [1.807, 2.05) is 59.0 Å². The van der Waals surface area contributed by atoms with Crippen LogP contribution in [-0.4, -0.2) is 26.3 Å². The highest BCUT2D eigenvalue weighted by molar-refractivity contribution is 9.10. The summed E-state index contributed by atoms with van der Waals surface area (Å²) in [7, 11) is 0. The largest absolute Gasteiger partial charge is 0.444 e. The van der Waals surface area contributed by atoms with Gasteiger partial charge >= 0.3 is 6.09 Å². The Morgan fingerprint density at radius 2 is 2.04 bits per heavy atom. The van der Waals surface area contributed by atoms with E-state index in [9.17, 15) is 4.79 Å². The molecule has 0 unspecified atom stereocenters. The summed E-state index contributed by atoms with van der Waals surface area (Å²) in [4.78, 5) is 16.5. The Morgan fingerprint density at radius 1 is 1.30 bits per heavy atom. The van der Waals surface area contributed by atoms with Crippen molar-refractivity contribution in [1.82, 2.24) is 19.9 Å². The smallest absolute Gasteiger partial charge is 0.408 e. The molecule has 7 heteroatoms. The molecule has 1 atom stereocenters. The lowest BCUT2D eigenvalue weighted by molar-refractivity contribution is 0.0508. The van der Waals surface area contributed by atoms with Gasteiger partial charge in [0.05, 0.1) is 17.3 Å². The minimum absolute atomic E-state index is 0.165. The normalized spacial score (nSPS) is 12.8. The highest BCUT2D eigenvalue weighted by atomic mass is 79.9. The molecular formula is C20H23BrN4O2. The Hall–Kier alpha value is -2.41. The van der Waals surface area contributed by atoms with Crippen molar-refractivity contribution in [2.45, 2.75) is 46.3 Å². The summed E-state index contributed by atoms with van der Waals surface area (Å²) in [6.45, 7) is 9.51. The van der Waals surface area contributed by atoms with E-state index in [0.717, 1.165) is 32.4 Å². The van der Waals surface area contributed by atoms with E-state index in [-0.39, 0.29) is 6.04 Å². The monoisotopic (exact) mass is 430 g/mol. The lowest BCUT2D eigenvalue weighted by Gasteiger charge is -2.23. The lowest BCUT2D eigenvalue weighted by Crippen LogP contribution is -2.34. The van der Waals surface area contributed by atoms with Gasteiger partial charge in [-0.3, -0.25) is 0 Å². The molecule has 142 valence electrons. The predicted octanol–water partition coefficient (Wildman–Crippen LogP) is 5.05. The first-order valence-corrected chi connectivity index (χ1v) is 9.52. The summed E-state index contributed by atoms with van der Waals surface area (Å²) in [5, 5.41) is 7.12. The van der Waals surface area contributed by atoms with Gasteiger partial charge in [0.1, 0.15) is 11.9 Å². The lowest BCUT2D eigenvalue weighted by atomic mass is 9.98. The zero-order valence-corrected chi connectivity index (χ0v) is 17.7. The maximum atomic E-state index is 12.0. The van der Waals surface area contributed by atoms with Gasteiger partial charge < -0.3 is 10.1 Å². The van der Waals surface area contributed by atoms with Crippen LogP contribution >= 0.6 is 15.9 Å². The van der Waals surface area contributed by atoms with E-state index in [0.29, 0.717) is 0 Å². The number of nitrogens with one attached hydrogen (secondary N) is 1. The van der Waals surface area contributed by atoms with Crippen molar-refractivity contribution in [3.05, 3.63) is 52.4 Å². The van der Waals surface area contributed by atoms with Gasteiger partial charge in [0, 0.05) is 16.2 Å². The van der Waals surface area contributed by atoms with Crippen LogP contribution in [0.1, 0.15) is 44.9 Å². The van der Waals surface area contributed by atoms with Crippen molar-refractivity contribution in [2.75, 3.05) is 0 Å². The highest BCUT2D eigenvalue weighted by Crippen LogP contribution is 2.28. The molecule has 27 heavy (non-hydrogen) atoms. The number of halogens is 1. The molecule has 0 aliphatic heterocycles. The number of carbonyl (C=O) groups excluding carboxylic acids is 1. The molecule has 0 aliphatic carbocycles. The van der Waals surface area contributed by atoms with Gasteiger partial charge in [-0.1, -0.05) is 12.1 Å². The summed E-state index contributed by atoms with van der Waals surface area (Å²) >= 11 is 3.48. The molecule has 2 aromatic heterocycles. The zero-order chi connectivity index (χ0) is 19.8. The van der Waals surface area contributed by atoms with Crippen molar-refractivity contribution in [3.63, 3.8) is 0 Å². The van der Waals surface area contributed by atoms with Crippen LogP contribution in [0.3, 0.4) is 0 Å². The van der Waals surface area contributed by atoms with E-state index in [1.165, 1.54) is 0 Å². The van der Waals surface area contributed by atoms with Gasteiger partial charge in [0.15, 0.2) is 0 Å². The molecule has 0 bridgehead atoms. The molecule has 2 heterocycles. The molecule has 3 aromatic rings. The van der Waals surface area contributed by atoms with Crippen molar-refractivity contribution in [2.24, 2.45) is 0 Å². The Balaban J connectivity index is 1.86. The van der Waals surface area contributed by atoms with E-state index in [1.54, 1.807) is 10.8 Å². The van der Waals surface area contributed by atoms with Crippen LogP contribution in [0.5, 0.6) is 0 Å². The van der Waals surface area contributed by atoms with Crippen LogP contribution in [0.25, 0.3) is 16.8 Å². The van der Waals surface area contributed by atoms with Crippen LogP contribution in [-0.2, 0) is 4.74 Å². The van der Waals surface area contributed by atoms with Gasteiger partial charge in [0.25, 0.3) is 0 Å². The molecule has 1 N–H and O–H groups in total. The Labute approximate surface area is 167 Å². The van der Waals surface area contributed by atoms with E-state index < -0.39 is 11.7 Å². The molecule has 3 rings (SSSR count). The van der Waals surface area contributed by atoms with Gasteiger partial charge in [-0.05, 0) is 73.8 Å². The number of hydrogen-bond donors (Lipinski definition) is 1. The molecular weight excluding hydrogens is 408 g/mol. The molecule has 1 aromatic carbocycles. The van der Waals surface area contributed by atoms with Crippen molar-refractivity contribution < 1.29 is 9.53 Å². The number of carbonyl (C=O) groups is 1. The molecule has 0 saturated carbocycles. The number of alkyl carbamates (subject to hydrolysis) is 1. The number of fused-ring (bicyclic) bond motifs is 1. The summed E-state index contributed by atoms with van der Waals surface area (Å²) in [5.74, 6) is 0. The first-order valence-electron chi connectivity index (χ1n) is 8.73. The second-order valence-corrected chi connectivity index (χ2v) is 8.45. The van der Waals surface area contributed by atoms with Gasteiger partial charge in [-0.2, -0.15) is 5.10 Å². The zero-order valence-electron chi connectivity index (χ0n) is 16.1. The van der Waals surface area contributed by atoms with E-state index >= 15 is 0 Å². The molecule has 0 aliphatic rings. The Morgan fingerprint density at radius 3 is 2.70 bits per heavy atom. The van der Waals surface area contributed by atoms with Crippen LogP contribution in [0, 0.1) is 6.92 Å². The SMILES string of the molecule is Cc1cc(-c2ncnn3cc(Br)cc23)ccc1[C@@H](C)NC(=O)OC(C)(C)C. The standard InChI is InChI=1S/C20H23BrN4O2/c1-12-8-14(18-17-9-15(21)10-25(17)23-11-22-18)6-7-16(12)13(2)24-19(26)27-20(3,4)5/h6-11,13H,1-5H3,(H,24,26)/t13-/m1/s1. The van der Waals surface area contributed by atoms with Crippen LogP contribution < -0.4 is 5.32 Å². The second kappa shape index (κ2) is 7.31. The minimum Gasteiger partial charge on any atom is -0.444 e. The third-order valence-corrected chi connectivity index (χ3v) is 4.55. The summed E-state index contributed by atoms with van der Waals surface area (Å²) in [5.41, 5.74) is 4.37. The maximum absolute atomic E-state index is 12.0. The van der Waals surface area contributed by atoms with Crippen molar-refractivity contribution >= 4 is 27.5 Å². The summed E-state index contributed by atoms with van der Waals surface area (Å²) in [6.07, 6.45) is 3.02.